The van der Waals surface area contributed by atoms with Gasteiger partial charge in [-0.05, 0) is 47.9 Å². The van der Waals surface area contributed by atoms with Crippen LogP contribution in [0.15, 0.2) is 24.3 Å². The molecule has 0 spiro atoms. The first kappa shape index (κ1) is 16.5. The molecule has 0 radical (unpaired) electrons. The molecule has 1 heterocycles. The van der Waals surface area contributed by atoms with Crippen LogP contribution in [0.4, 0.5) is 0 Å². The fourth-order valence-electron chi connectivity index (χ4n) is 3.60. The maximum Gasteiger partial charge on any atom is 0.0396 e. The van der Waals surface area contributed by atoms with Crippen molar-refractivity contribution in [1.82, 2.24) is 4.90 Å². The highest BCUT2D eigenvalue weighted by Gasteiger charge is 2.32. The smallest absolute Gasteiger partial charge is 0.0396 e. The Morgan fingerprint density at radius 1 is 0.810 bits per heavy atom. The van der Waals surface area contributed by atoms with Gasteiger partial charge in [-0.15, -0.1) is 0 Å². The van der Waals surface area contributed by atoms with Gasteiger partial charge in [-0.3, -0.25) is 4.90 Å². The highest BCUT2D eigenvalue weighted by Crippen LogP contribution is 2.39. The van der Waals surface area contributed by atoms with Crippen molar-refractivity contribution in [3.8, 4) is 0 Å². The van der Waals surface area contributed by atoms with Crippen molar-refractivity contribution in [3.05, 3.63) is 35.4 Å². The Balaban J connectivity index is 2.29. The summed E-state index contributed by atoms with van der Waals surface area (Å²) in [5.41, 5.74) is 3.43. The fourth-order valence-corrected chi connectivity index (χ4v) is 3.60. The van der Waals surface area contributed by atoms with Gasteiger partial charge in [-0.25, -0.2) is 0 Å². The lowest BCUT2D eigenvalue weighted by atomic mass is 9.79. The summed E-state index contributed by atoms with van der Waals surface area (Å²) in [7, 11) is 0. The van der Waals surface area contributed by atoms with Crippen LogP contribution in [0, 0.1) is 5.41 Å². The second-order valence-electron chi connectivity index (χ2n) is 8.74. The van der Waals surface area contributed by atoms with E-state index in [0.29, 0.717) is 6.04 Å². The van der Waals surface area contributed by atoms with Gasteiger partial charge in [-0.2, -0.15) is 0 Å². The second-order valence-corrected chi connectivity index (χ2v) is 8.74. The van der Waals surface area contributed by atoms with Crippen LogP contribution in [-0.2, 0) is 5.41 Å². The number of hydrogen-bond acceptors (Lipinski definition) is 1. The van der Waals surface area contributed by atoms with Gasteiger partial charge in [0, 0.05) is 6.04 Å². The molecule has 1 aromatic carbocycles. The molecule has 1 aromatic rings. The number of piperidine rings is 1. The monoisotopic (exact) mass is 287 g/mol. The van der Waals surface area contributed by atoms with Crippen LogP contribution in [0.2, 0.25) is 0 Å². The SMILES string of the molecule is CC(C)(C)c1ccc(C(N2CCCCC2)C(C)(C)C)cc1. The minimum Gasteiger partial charge on any atom is -0.296 e. The van der Waals surface area contributed by atoms with E-state index in [4.69, 9.17) is 0 Å². The van der Waals surface area contributed by atoms with E-state index >= 15 is 0 Å². The summed E-state index contributed by atoms with van der Waals surface area (Å²) in [6.07, 6.45) is 4.11. The van der Waals surface area contributed by atoms with Crippen LogP contribution in [0.3, 0.4) is 0 Å². The molecule has 1 heteroatoms. The summed E-state index contributed by atoms with van der Waals surface area (Å²) in [5, 5.41) is 0. The Labute approximate surface area is 131 Å². The van der Waals surface area contributed by atoms with Crippen LogP contribution in [-0.4, -0.2) is 18.0 Å². The first-order chi connectivity index (χ1) is 9.69. The molecule has 1 unspecified atom stereocenters. The van der Waals surface area contributed by atoms with Crippen molar-refractivity contribution < 1.29 is 0 Å². The van der Waals surface area contributed by atoms with Crippen LogP contribution in [0.5, 0.6) is 0 Å². The van der Waals surface area contributed by atoms with E-state index in [9.17, 15) is 0 Å². The van der Waals surface area contributed by atoms with Gasteiger partial charge in [0.1, 0.15) is 0 Å². The predicted octanol–water partition coefficient (Wildman–Crippen LogP) is 5.56. The molecule has 1 saturated heterocycles. The molecule has 0 aromatic heterocycles. The van der Waals surface area contributed by atoms with E-state index in [0.717, 1.165) is 0 Å². The van der Waals surface area contributed by atoms with Gasteiger partial charge in [0.05, 0.1) is 0 Å². The Bertz CT molecular complexity index is 438. The zero-order valence-electron chi connectivity index (χ0n) is 14.9. The average Bonchev–Trinajstić information content (AvgIpc) is 2.38. The molecule has 1 atom stereocenters. The van der Waals surface area contributed by atoms with Crippen LogP contribution in [0.25, 0.3) is 0 Å². The molecule has 2 rings (SSSR count). The summed E-state index contributed by atoms with van der Waals surface area (Å²) >= 11 is 0. The van der Waals surface area contributed by atoms with Crippen molar-refractivity contribution >= 4 is 0 Å². The van der Waals surface area contributed by atoms with Crippen LogP contribution >= 0.6 is 0 Å². The minimum atomic E-state index is 0.237. The minimum absolute atomic E-state index is 0.237. The zero-order chi connectivity index (χ0) is 15.7. The Kier molecular flexibility index (Phi) is 4.82. The molecule has 1 aliphatic rings. The van der Waals surface area contributed by atoms with Crippen molar-refractivity contribution in [1.29, 1.82) is 0 Å². The molecular formula is C20H33N. The molecule has 1 fully saturated rings. The fraction of sp³-hybridized carbons (Fsp3) is 0.700. The van der Waals surface area contributed by atoms with E-state index in [1.165, 1.54) is 43.5 Å². The quantitative estimate of drug-likeness (QED) is 0.688. The third kappa shape index (κ3) is 4.10. The lowest BCUT2D eigenvalue weighted by Gasteiger charge is -2.42. The Hall–Kier alpha value is -0.820. The van der Waals surface area contributed by atoms with E-state index in [1.807, 2.05) is 0 Å². The Morgan fingerprint density at radius 2 is 1.33 bits per heavy atom. The maximum absolute atomic E-state index is 2.70. The molecule has 1 nitrogen and oxygen atoms in total. The number of rotatable bonds is 2. The standard InChI is InChI=1S/C20H33N/c1-19(2,3)17-12-10-16(11-13-17)18(20(4,5)6)21-14-8-7-9-15-21/h10-13,18H,7-9,14-15H2,1-6H3. The van der Waals surface area contributed by atoms with Crippen LogP contribution < -0.4 is 0 Å². The summed E-state index contributed by atoms with van der Waals surface area (Å²) in [6, 6.07) is 9.93. The number of benzene rings is 1. The molecule has 0 N–H and O–H groups in total. The lowest BCUT2D eigenvalue weighted by Crippen LogP contribution is -2.40. The van der Waals surface area contributed by atoms with Crippen LogP contribution in [0.1, 0.15) is 78.0 Å². The average molecular weight is 287 g/mol. The topological polar surface area (TPSA) is 3.24 Å². The second kappa shape index (κ2) is 6.12. The molecule has 0 aliphatic carbocycles. The van der Waals surface area contributed by atoms with Crippen molar-refractivity contribution in [3.63, 3.8) is 0 Å². The van der Waals surface area contributed by atoms with Gasteiger partial charge >= 0.3 is 0 Å². The third-order valence-corrected chi connectivity index (χ3v) is 4.67. The number of nitrogens with zero attached hydrogens (tertiary/aromatic N) is 1. The first-order valence-electron chi connectivity index (χ1n) is 8.54. The molecule has 21 heavy (non-hydrogen) atoms. The molecule has 1 aliphatic heterocycles. The van der Waals surface area contributed by atoms with E-state index in [2.05, 4.69) is 70.7 Å². The van der Waals surface area contributed by atoms with Crippen molar-refractivity contribution in [2.24, 2.45) is 5.41 Å². The van der Waals surface area contributed by atoms with E-state index in [-0.39, 0.29) is 10.8 Å². The van der Waals surface area contributed by atoms with Crippen molar-refractivity contribution in [2.75, 3.05) is 13.1 Å². The van der Waals surface area contributed by atoms with Gasteiger partial charge in [0.2, 0.25) is 0 Å². The van der Waals surface area contributed by atoms with E-state index < -0.39 is 0 Å². The van der Waals surface area contributed by atoms with Gasteiger partial charge in [-0.1, -0.05) is 72.2 Å². The van der Waals surface area contributed by atoms with Gasteiger partial charge in [0.25, 0.3) is 0 Å². The zero-order valence-corrected chi connectivity index (χ0v) is 14.9. The summed E-state index contributed by atoms with van der Waals surface area (Å²) in [5.74, 6) is 0. The lowest BCUT2D eigenvalue weighted by molar-refractivity contribution is 0.0797. The largest absolute Gasteiger partial charge is 0.296 e. The highest BCUT2D eigenvalue weighted by molar-refractivity contribution is 5.30. The summed E-state index contributed by atoms with van der Waals surface area (Å²) in [4.78, 5) is 2.70. The molecule has 0 saturated carbocycles. The summed E-state index contributed by atoms with van der Waals surface area (Å²) < 4.78 is 0. The first-order valence-corrected chi connectivity index (χ1v) is 8.54. The van der Waals surface area contributed by atoms with Crippen molar-refractivity contribution in [2.45, 2.75) is 72.3 Å². The van der Waals surface area contributed by atoms with E-state index in [1.54, 1.807) is 0 Å². The highest BCUT2D eigenvalue weighted by atomic mass is 15.2. The molecule has 118 valence electrons. The normalized spacial score (nSPS) is 19.5. The summed E-state index contributed by atoms with van der Waals surface area (Å²) in [6.45, 7) is 16.5. The molecular weight excluding hydrogens is 254 g/mol. The third-order valence-electron chi connectivity index (χ3n) is 4.67. The number of hydrogen-bond donors (Lipinski definition) is 0. The maximum atomic E-state index is 2.70. The number of likely N-dealkylation sites (tertiary alicyclic amines) is 1. The van der Waals surface area contributed by atoms with Gasteiger partial charge in [0.15, 0.2) is 0 Å². The molecule has 0 bridgehead atoms. The Morgan fingerprint density at radius 3 is 1.76 bits per heavy atom. The molecule has 0 amide bonds. The predicted molar refractivity (Wildman–Crippen MR) is 92.8 cm³/mol. The van der Waals surface area contributed by atoms with Gasteiger partial charge < -0.3 is 0 Å².